The summed E-state index contributed by atoms with van der Waals surface area (Å²) in [6, 6.07) is 4.47. The molecule has 0 radical (unpaired) electrons. The average Bonchev–Trinajstić information content (AvgIpc) is 2.25. The lowest BCUT2D eigenvalue weighted by Crippen LogP contribution is -2.26. The van der Waals surface area contributed by atoms with Gasteiger partial charge in [0.2, 0.25) is 5.91 Å². The molecule has 0 unspecified atom stereocenters. The van der Waals surface area contributed by atoms with Gasteiger partial charge in [0.15, 0.2) is 0 Å². The van der Waals surface area contributed by atoms with Gasteiger partial charge in [0.05, 0.1) is 16.9 Å². The standard InChI is InChI=1S/C11H15N3O3/c1-7(15)13-4-5-14-10-3-2-8(11(16)17)6-9(10)12/h2-3,6,14H,4-5,12H2,1H3,(H,13,15)(H,16,17). The van der Waals surface area contributed by atoms with E-state index in [0.29, 0.717) is 24.5 Å². The van der Waals surface area contributed by atoms with Crippen molar-refractivity contribution in [3.63, 3.8) is 0 Å². The van der Waals surface area contributed by atoms with Gasteiger partial charge >= 0.3 is 5.97 Å². The molecule has 0 saturated carbocycles. The highest BCUT2D eigenvalue weighted by molar-refractivity contribution is 5.90. The highest BCUT2D eigenvalue weighted by atomic mass is 16.4. The van der Waals surface area contributed by atoms with E-state index in [4.69, 9.17) is 10.8 Å². The fraction of sp³-hybridized carbons (Fsp3) is 0.273. The molecule has 0 bridgehead atoms. The van der Waals surface area contributed by atoms with Crippen LogP contribution in [0, 0.1) is 0 Å². The molecule has 17 heavy (non-hydrogen) atoms. The summed E-state index contributed by atoms with van der Waals surface area (Å²) in [5, 5.41) is 14.4. The van der Waals surface area contributed by atoms with E-state index >= 15 is 0 Å². The number of carboxylic acids is 1. The third-order valence-corrected chi connectivity index (χ3v) is 2.11. The van der Waals surface area contributed by atoms with Crippen molar-refractivity contribution in [1.29, 1.82) is 0 Å². The van der Waals surface area contributed by atoms with Gasteiger partial charge in [-0.1, -0.05) is 0 Å². The van der Waals surface area contributed by atoms with E-state index in [2.05, 4.69) is 10.6 Å². The molecule has 1 rings (SSSR count). The van der Waals surface area contributed by atoms with Crippen LogP contribution in [0.3, 0.4) is 0 Å². The fourth-order valence-corrected chi connectivity index (χ4v) is 1.29. The van der Waals surface area contributed by atoms with Crippen LogP contribution in [0.25, 0.3) is 0 Å². The molecule has 1 aromatic rings. The lowest BCUT2D eigenvalue weighted by molar-refractivity contribution is -0.118. The number of aromatic carboxylic acids is 1. The Morgan fingerprint density at radius 2 is 2.06 bits per heavy atom. The van der Waals surface area contributed by atoms with E-state index in [1.807, 2.05) is 0 Å². The molecule has 0 aromatic heterocycles. The third kappa shape index (κ3) is 4.02. The summed E-state index contributed by atoms with van der Waals surface area (Å²) in [4.78, 5) is 21.3. The lowest BCUT2D eigenvalue weighted by Gasteiger charge is -2.10. The van der Waals surface area contributed by atoms with Crippen molar-refractivity contribution >= 4 is 23.3 Å². The predicted octanol–water partition coefficient (Wildman–Crippen LogP) is 0.515. The van der Waals surface area contributed by atoms with Gasteiger partial charge in [-0.25, -0.2) is 4.79 Å². The topological polar surface area (TPSA) is 104 Å². The summed E-state index contributed by atoms with van der Waals surface area (Å²) in [6.07, 6.45) is 0. The molecule has 6 heteroatoms. The molecular weight excluding hydrogens is 222 g/mol. The summed E-state index contributed by atoms with van der Waals surface area (Å²) in [7, 11) is 0. The van der Waals surface area contributed by atoms with Crippen molar-refractivity contribution < 1.29 is 14.7 Å². The Hall–Kier alpha value is -2.24. The second-order valence-corrected chi connectivity index (χ2v) is 3.52. The summed E-state index contributed by atoms with van der Waals surface area (Å²) in [5.74, 6) is -1.11. The Morgan fingerprint density at radius 3 is 2.59 bits per heavy atom. The van der Waals surface area contributed by atoms with Crippen LogP contribution >= 0.6 is 0 Å². The number of amides is 1. The Bertz CT molecular complexity index is 432. The number of carbonyl (C=O) groups is 2. The van der Waals surface area contributed by atoms with Gasteiger partial charge in [-0.05, 0) is 18.2 Å². The Morgan fingerprint density at radius 1 is 1.35 bits per heavy atom. The van der Waals surface area contributed by atoms with Crippen molar-refractivity contribution in [2.24, 2.45) is 0 Å². The first-order chi connectivity index (χ1) is 8.00. The van der Waals surface area contributed by atoms with Crippen LogP contribution in [0.4, 0.5) is 11.4 Å². The van der Waals surface area contributed by atoms with Gasteiger partial charge in [0, 0.05) is 20.0 Å². The van der Waals surface area contributed by atoms with Crippen LogP contribution < -0.4 is 16.4 Å². The summed E-state index contributed by atoms with van der Waals surface area (Å²) in [6.45, 7) is 2.45. The molecule has 5 N–H and O–H groups in total. The maximum Gasteiger partial charge on any atom is 0.335 e. The van der Waals surface area contributed by atoms with E-state index in [9.17, 15) is 9.59 Å². The van der Waals surface area contributed by atoms with Crippen molar-refractivity contribution in [2.45, 2.75) is 6.92 Å². The van der Waals surface area contributed by atoms with Gasteiger partial charge in [0.25, 0.3) is 0 Å². The van der Waals surface area contributed by atoms with Gasteiger partial charge in [-0.15, -0.1) is 0 Å². The molecule has 1 amide bonds. The molecule has 0 aliphatic heterocycles. The number of benzene rings is 1. The van der Waals surface area contributed by atoms with E-state index in [1.165, 1.54) is 19.1 Å². The van der Waals surface area contributed by atoms with Crippen LogP contribution in [-0.2, 0) is 4.79 Å². The van der Waals surface area contributed by atoms with Crippen molar-refractivity contribution in [3.8, 4) is 0 Å². The van der Waals surface area contributed by atoms with E-state index in [0.717, 1.165) is 0 Å². The zero-order valence-electron chi connectivity index (χ0n) is 9.49. The predicted molar refractivity (Wildman–Crippen MR) is 65.0 cm³/mol. The first kappa shape index (κ1) is 12.8. The monoisotopic (exact) mass is 237 g/mol. The molecule has 0 atom stereocenters. The van der Waals surface area contributed by atoms with Crippen molar-refractivity contribution in [2.75, 3.05) is 24.1 Å². The van der Waals surface area contributed by atoms with E-state index in [1.54, 1.807) is 6.07 Å². The van der Waals surface area contributed by atoms with Crippen LogP contribution in [0.15, 0.2) is 18.2 Å². The van der Waals surface area contributed by atoms with Crippen LogP contribution in [-0.4, -0.2) is 30.1 Å². The van der Waals surface area contributed by atoms with E-state index in [-0.39, 0.29) is 11.5 Å². The lowest BCUT2D eigenvalue weighted by atomic mass is 10.2. The SMILES string of the molecule is CC(=O)NCCNc1ccc(C(=O)O)cc1N. The molecule has 0 heterocycles. The molecule has 0 spiro atoms. The largest absolute Gasteiger partial charge is 0.478 e. The smallest absolute Gasteiger partial charge is 0.335 e. The molecule has 92 valence electrons. The first-order valence-corrected chi connectivity index (χ1v) is 5.12. The molecule has 6 nitrogen and oxygen atoms in total. The Kier molecular flexibility index (Phi) is 4.33. The van der Waals surface area contributed by atoms with Crippen LogP contribution in [0.1, 0.15) is 17.3 Å². The number of rotatable bonds is 5. The minimum absolute atomic E-state index is 0.0963. The van der Waals surface area contributed by atoms with Crippen LogP contribution in [0.2, 0.25) is 0 Å². The maximum atomic E-state index is 10.7. The normalized spacial score (nSPS) is 9.71. The molecule has 0 saturated heterocycles. The number of anilines is 2. The second-order valence-electron chi connectivity index (χ2n) is 3.52. The van der Waals surface area contributed by atoms with Crippen molar-refractivity contribution in [3.05, 3.63) is 23.8 Å². The van der Waals surface area contributed by atoms with Gasteiger partial charge in [-0.3, -0.25) is 4.79 Å². The van der Waals surface area contributed by atoms with Crippen LogP contribution in [0.5, 0.6) is 0 Å². The number of carboxylic acid groups (broad SMARTS) is 1. The fourth-order valence-electron chi connectivity index (χ4n) is 1.29. The Labute approximate surface area is 98.8 Å². The summed E-state index contributed by atoms with van der Waals surface area (Å²) >= 11 is 0. The molecule has 0 aliphatic carbocycles. The zero-order valence-corrected chi connectivity index (χ0v) is 9.49. The number of hydrogen-bond donors (Lipinski definition) is 4. The third-order valence-electron chi connectivity index (χ3n) is 2.11. The average molecular weight is 237 g/mol. The van der Waals surface area contributed by atoms with E-state index < -0.39 is 5.97 Å². The second kappa shape index (κ2) is 5.74. The number of nitrogens with one attached hydrogen (secondary N) is 2. The van der Waals surface area contributed by atoms with Gasteiger partial charge in [0.1, 0.15) is 0 Å². The number of nitrogen functional groups attached to an aromatic ring is 1. The highest BCUT2D eigenvalue weighted by Gasteiger charge is 2.05. The molecule has 0 aliphatic rings. The van der Waals surface area contributed by atoms with Gasteiger partial charge in [-0.2, -0.15) is 0 Å². The Balaban J connectivity index is 2.54. The first-order valence-electron chi connectivity index (χ1n) is 5.12. The number of nitrogens with two attached hydrogens (primary N) is 1. The zero-order chi connectivity index (χ0) is 12.8. The minimum atomic E-state index is -1.01. The summed E-state index contributed by atoms with van der Waals surface area (Å²) in [5.41, 5.74) is 6.86. The quantitative estimate of drug-likeness (QED) is 0.441. The molecule has 1 aromatic carbocycles. The highest BCUT2D eigenvalue weighted by Crippen LogP contribution is 2.19. The molecular formula is C11H15N3O3. The summed E-state index contributed by atoms with van der Waals surface area (Å²) < 4.78 is 0. The molecule has 0 fully saturated rings. The minimum Gasteiger partial charge on any atom is -0.478 e. The van der Waals surface area contributed by atoms with Crippen molar-refractivity contribution in [1.82, 2.24) is 5.32 Å². The van der Waals surface area contributed by atoms with Gasteiger partial charge < -0.3 is 21.5 Å². The maximum absolute atomic E-state index is 10.7. The number of hydrogen-bond acceptors (Lipinski definition) is 4. The number of carbonyl (C=O) groups excluding carboxylic acids is 1.